The van der Waals surface area contributed by atoms with Crippen LogP contribution in [0.1, 0.15) is 37.8 Å². The number of benzene rings is 1. The second-order valence-corrected chi connectivity index (χ2v) is 5.71. The summed E-state index contributed by atoms with van der Waals surface area (Å²) >= 11 is 0. The summed E-state index contributed by atoms with van der Waals surface area (Å²) in [5, 5.41) is 3.56. The summed E-state index contributed by atoms with van der Waals surface area (Å²) < 4.78 is 5.77. The van der Waals surface area contributed by atoms with Crippen LogP contribution in [-0.2, 0) is 4.74 Å². The highest BCUT2D eigenvalue weighted by atomic mass is 16.5. The fourth-order valence-electron chi connectivity index (χ4n) is 2.86. The van der Waals surface area contributed by atoms with Gasteiger partial charge in [0.05, 0.1) is 6.10 Å². The van der Waals surface area contributed by atoms with Crippen molar-refractivity contribution in [1.82, 2.24) is 10.2 Å². The Morgan fingerprint density at radius 1 is 1.35 bits per heavy atom. The molecule has 1 aromatic rings. The number of hydrogen-bond acceptors (Lipinski definition) is 3. The maximum Gasteiger partial charge on any atom is 0.0702 e. The first kappa shape index (κ1) is 15.5. The van der Waals surface area contributed by atoms with E-state index in [1.165, 1.54) is 24.8 Å². The van der Waals surface area contributed by atoms with Crippen LogP contribution in [0.2, 0.25) is 0 Å². The van der Waals surface area contributed by atoms with Gasteiger partial charge in [0.2, 0.25) is 0 Å². The average Bonchev–Trinajstić information content (AvgIpc) is 2.97. The van der Waals surface area contributed by atoms with Crippen LogP contribution in [0.4, 0.5) is 0 Å². The second-order valence-electron chi connectivity index (χ2n) is 5.71. The van der Waals surface area contributed by atoms with E-state index < -0.39 is 0 Å². The molecule has 1 fully saturated rings. The van der Waals surface area contributed by atoms with Gasteiger partial charge < -0.3 is 10.1 Å². The number of nitrogens with one attached hydrogen (secondary N) is 1. The zero-order chi connectivity index (χ0) is 14.2. The molecule has 0 amide bonds. The SMILES string of the molecule is CCCNCC(c1ccccc1)N(C)CC1CCCO1. The Balaban J connectivity index is 1.96. The van der Waals surface area contributed by atoms with Crippen LogP contribution in [-0.4, -0.2) is 44.3 Å². The maximum atomic E-state index is 5.77. The van der Waals surface area contributed by atoms with Gasteiger partial charge in [-0.15, -0.1) is 0 Å². The third-order valence-corrected chi connectivity index (χ3v) is 4.00. The second kappa shape index (κ2) is 8.40. The van der Waals surface area contributed by atoms with E-state index in [4.69, 9.17) is 4.74 Å². The predicted octanol–water partition coefficient (Wildman–Crippen LogP) is 2.84. The molecule has 1 aliphatic heterocycles. The van der Waals surface area contributed by atoms with E-state index in [0.717, 1.165) is 26.2 Å². The van der Waals surface area contributed by atoms with Crippen molar-refractivity contribution < 1.29 is 4.74 Å². The molecular formula is C17H28N2O. The number of hydrogen-bond donors (Lipinski definition) is 1. The molecule has 1 aromatic carbocycles. The molecule has 1 heterocycles. The van der Waals surface area contributed by atoms with Crippen molar-refractivity contribution in [3.8, 4) is 0 Å². The Morgan fingerprint density at radius 2 is 2.15 bits per heavy atom. The normalized spacial score (nSPS) is 20.4. The van der Waals surface area contributed by atoms with Gasteiger partial charge in [0.15, 0.2) is 0 Å². The van der Waals surface area contributed by atoms with Gasteiger partial charge >= 0.3 is 0 Å². The van der Waals surface area contributed by atoms with E-state index >= 15 is 0 Å². The lowest BCUT2D eigenvalue weighted by atomic mass is 10.0. The molecule has 0 bridgehead atoms. The maximum absolute atomic E-state index is 5.77. The zero-order valence-electron chi connectivity index (χ0n) is 12.8. The topological polar surface area (TPSA) is 24.5 Å². The standard InChI is InChI=1S/C17H28N2O/c1-3-11-18-13-17(15-8-5-4-6-9-15)19(2)14-16-10-7-12-20-16/h4-6,8-9,16-18H,3,7,10-14H2,1-2H3. The Bertz CT molecular complexity index is 363. The van der Waals surface area contributed by atoms with Crippen LogP contribution < -0.4 is 5.32 Å². The van der Waals surface area contributed by atoms with Crippen molar-refractivity contribution in [3.05, 3.63) is 35.9 Å². The Kier molecular flexibility index (Phi) is 6.51. The summed E-state index contributed by atoms with van der Waals surface area (Å²) in [5.41, 5.74) is 1.39. The molecule has 3 nitrogen and oxygen atoms in total. The number of rotatable bonds is 8. The molecule has 0 radical (unpaired) electrons. The van der Waals surface area contributed by atoms with Crippen LogP contribution >= 0.6 is 0 Å². The molecule has 0 aliphatic carbocycles. The molecule has 3 heteroatoms. The van der Waals surface area contributed by atoms with Crippen LogP contribution in [0.15, 0.2) is 30.3 Å². The molecule has 2 rings (SSSR count). The third-order valence-electron chi connectivity index (χ3n) is 4.00. The lowest BCUT2D eigenvalue weighted by Crippen LogP contribution is -2.37. The van der Waals surface area contributed by atoms with Gasteiger partial charge in [-0.25, -0.2) is 0 Å². The summed E-state index contributed by atoms with van der Waals surface area (Å²) in [5.74, 6) is 0. The lowest BCUT2D eigenvalue weighted by Gasteiger charge is -2.30. The van der Waals surface area contributed by atoms with Crippen LogP contribution in [0.3, 0.4) is 0 Å². The molecule has 20 heavy (non-hydrogen) atoms. The smallest absolute Gasteiger partial charge is 0.0702 e. The van der Waals surface area contributed by atoms with Crippen molar-refractivity contribution in [2.24, 2.45) is 0 Å². The minimum atomic E-state index is 0.414. The summed E-state index contributed by atoms with van der Waals surface area (Å²) in [6.07, 6.45) is 4.01. The largest absolute Gasteiger partial charge is 0.377 e. The van der Waals surface area contributed by atoms with Gasteiger partial charge in [0, 0.05) is 25.7 Å². The first-order valence-electron chi connectivity index (χ1n) is 7.88. The monoisotopic (exact) mass is 276 g/mol. The lowest BCUT2D eigenvalue weighted by molar-refractivity contribution is 0.0676. The molecule has 1 aliphatic rings. The molecule has 2 unspecified atom stereocenters. The third kappa shape index (κ3) is 4.58. The number of likely N-dealkylation sites (N-methyl/N-ethyl adjacent to an activating group) is 1. The highest BCUT2D eigenvalue weighted by molar-refractivity contribution is 5.19. The van der Waals surface area contributed by atoms with Crippen molar-refractivity contribution in [1.29, 1.82) is 0 Å². The molecule has 0 spiro atoms. The van der Waals surface area contributed by atoms with Gasteiger partial charge in [-0.3, -0.25) is 4.90 Å². The van der Waals surface area contributed by atoms with E-state index in [2.05, 4.69) is 54.5 Å². The Hall–Kier alpha value is -0.900. The van der Waals surface area contributed by atoms with Crippen LogP contribution in [0.5, 0.6) is 0 Å². The van der Waals surface area contributed by atoms with Crippen LogP contribution in [0.25, 0.3) is 0 Å². The molecule has 1 saturated heterocycles. The number of nitrogens with zero attached hydrogens (tertiary/aromatic N) is 1. The summed E-state index contributed by atoms with van der Waals surface area (Å²) in [7, 11) is 2.22. The van der Waals surface area contributed by atoms with Gasteiger partial charge in [-0.2, -0.15) is 0 Å². The van der Waals surface area contributed by atoms with Crippen molar-refractivity contribution in [3.63, 3.8) is 0 Å². The molecular weight excluding hydrogens is 248 g/mol. The fourth-order valence-corrected chi connectivity index (χ4v) is 2.86. The van der Waals surface area contributed by atoms with Crippen LogP contribution in [0, 0.1) is 0 Å². The van der Waals surface area contributed by atoms with E-state index in [1.807, 2.05) is 0 Å². The average molecular weight is 276 g/mol. The van der Waals surface area contributed by atoms with Crippen molar-refractivity contribution in [2.75, 3.05) is 33.3 Å². The fraction of sp³-hybridized carbons (Fsp3) is 0.647. The van der Waals surface area contributed by atoms with E-state index in [0.29, 0.717) is 12.1 Å². The zero-order valence-corrected chi connectivity index (χ0v) is 12.8. The summed E-state index contributed by atoms with van der Waals surface area (Å²) in [4.78, 5) is 2.44. The predicted molar refractivity (Wildman–Crippen MR) is 83.9 cm³/mol. The van der Waals surface area contributed by atoms with Crippen molar-refractivity contribution in [2.45, 2.75) is 38.3 Å². The molecule has 0 saturated carbocycles. The van der Waals surface area contributed by atoms with E-state index in [9.17, 15) is 0 Å². The summed E-state index contributed by atoms with van der Waals surface area (Å²) in [6.45, 7) is 6.24. The molecule has 0 aromatic heterocycles. The molecule has 1 N–H and O–H groups in total. The first-order valence-corrected chi connectivity index (χ1v) is 7.88. The van der Waals surface area contributed by atoms with Gasteiger partial charge in [0.1, 0.15) is 0 Å². The minimum absolute atomic E-state index is 0.414. The van der Waals surface area contributed by atoms with E-state index in [1.54, 1.807) is 0 Å². The highest BCUT2D eigenvalue weighted by Crippen LogP contribution is 2.21. The van der Waals surface area contributed by atoms with Gasteiger partial charge in [0.25, 0.3) is 0 Å². The molecule has 112 valence electrons. The highest BCUT2D eigenvalue weighted by Gasteiger charge is 2.22. The first-order chi connectivity index (χ1) is 9.81. The van der Waals surface area contributed by atoms with Crippen molar-refractivity contribution >= 4 is 0 Å². The van der Waals surface area contributed by atoms with Gasteiger partial charge in [-0.05, 0) is 38.4 Å². The van der Waals surface area contributed by atoms with E-state index in [-0.39, 0.29) is 0 Å². The molecule has 2 atom stereocenters. The number of ether oxygens (including phenoxy) is 1. The quantitative estimate of drug-likeness (QED) is 0.739. The minimum Gasteiger partial charge on any atom is -0.377 e. The van der Waals surface area contributed by atoms with Gasteiger partial charge in [-0.1, -0.05) is 37.3 Å². The summed E-state index contributed by atoms with van der Waals surface area (Å²) in [6, 6.07) is 11.2. The Morgan fingerprint density at radius 3 is 2.80 bits per heavy atom. The Labute approximate surface area is 123 Å².